The molecule has 1 heterocycles. The molecule has 9 heteroatoms. The molecule has 1 rings (SSSR count). The van der Waals surface area contributed by atoms with Gasteiger partial charge in [0.25, 0.3) is 0 Å². The second-order valence-corrected chi connectivity index (χ2v) is 3.76. The number of amides is 1. The van der Waals surface area contributed by atoms with E-state index in [1.165, 1.54) is 10.7 Å². The Kier molecular flexibility index (Phi) is 3.71. The molecule has 0 unspecified atom stereocenters. The molecule has 94 valence electrons. The number of alkyl halides is 4. The van der Waals surface area contributed by atoms with E-state index in [1.807, 2.05) is 0 Å². The lowest BCUT2D eigenvalue weighted by Gasteiger charge is -2.14. The standard InChI is InChI=1S/C8H5F4NO3S/c9-6(10)8(11,12)7(16)13-3-1-2-17-4(3)5(14)15/h1-2,6H,(H,13,16)(H,14,15). The van der Waals surface area contributed by atoms with Gasteiger partial charge in [-0.1, -0.05) is 0 Å². The van der Waals surface area contributed by atoms with Gasteiger partial charge in [0, 0.05) is 0 Å². The van der Waals surface area contributed by atoms with E-state index in [0.717, 1.165) is 6.07 Å². The highest BCUT2D eigenvalue weighted by atomic mass is 32.1. The molecule has 0 aliphatic carbocycles. The number of carbonyl (C=O) groups is 2. The number of nitrogens with one attached hydrogen (secondary N) is 1. The van der Waals surface area contributed by atoms with Crippen LogP contribution in [0.1, 0.15) is 9.67 Å². The van der Waals surface area contributed by atoms with Crippen LogP contribution < -0.4 is 5.32 Å². The predicted octanol–water partition coefficient (Wildman–Crippen LogP) is 2.29. The number of aromatic carboxylic acids is 1. The van der Waals surface area contributed by atoms with E-state index in [2.05, 4.69) is 0 Å². The van der Waals surface area contributed by atoms with Crippen molar-refractivity contribution in [3.8, 4) is 0 Å². The Balaban J connectivity index is 2.89. The summed E-state index contributed by atoms with van der Waals surface area (Å²) in [4.78, 5) is 21.0. The van der Waals surface area contributed by atoms with Crippen LogP contribution in [-0.2, 0) is 4.79 Å². The highest BCUT2D eigenvalue weighted by Gasteiger charge is 2.49. The van der Waals surface area contributed by atoms with Crippen LogP contribution in [0.5, 0.6) is 0 Å². The van der Waals surface area contributed by atoms with Gasteiger partial charge < -0.3 is 10.4 Å². The second kappa shape index (κ2) is 4.70. The fourth-order valence-electron chi connectivity index (χ4n) is 0.878. The van der Waals surface area contributed by atoms with Crippen molar-refractivity contribution in [1.82, 2.24) is 0 Å². The minimum atomic E-state index is -4.86. The monoisotopic (exact) mass is 271 g/mol. The summed E-state index contributed by atoms with van der Waals surface area (Å²) in [6.07, 6.45) is -4.16. The zero-order valence-corrected chi connectivity index (χ0v) is 8.73. The van der Waals surface area contributed by atoms with Crippen molar-refractivity contribution in [2.75, 3.05) is 5.32 Å². The normalized spacial score (nSPS) is 11.6. The molecule has 0 bridgehead atoms. The van der Waals surface area contributed by atoms with Gasteiger partial charge in [-0.2, -0.15) is 8.78 Å². The summed E-state index contributed by atoms with van der Waals surface area (Å²) in [5.74, 6) is -8.55. The van der Waals surface area contributed by atoms with E-state index in [1.54, 1.807) is 0 Å². The van der Waals surface area contributed by atoms with Gasteiger partial charge >= 0.3 is 24.2 Å². The average molecular weight is 271 g/mol. The smallest absolute Gasteiger partial charge is 0.383 e. The first-order chi connectivity index (χ1) is 7.76. The first kappa shape index (κ1) is 13.4. The van der Waals surface area contributed by atoms with Crippen molar-refractivity contribution >= 4 is 28.9 Å². The molecule has 0 radical (unpaired) electrons. The number of thiophene rings is 1. The predicted molar refractivity (Wildman–Crippen MR) is 50.9 cm³/mol. The molecule has 0 saturated carbocycles. The molecule has 0 aliphatic rings. The molecule has 17 heavy (non-hydrogen) atoms. The molecular formula is C8H5F4NO3S. The van der Waals surface area contributed by atoms with Crippen LogP contribution in [-0.4, -0.2) is 29.3 Å². The highest BCUT2D eigenvalue weighted by Crippen LogP contribution is 2.27. The van der Waals surface area contributed by atoms with E-state index in [0.29, 0.717) is 11.3 Å². The summed E-state index contributed by atoms with van der Waals surface area (Å²) in [7, 11) is 0. The van der Waals surface area contributed by atoms with Crippen LogP contribution in [0.3, 0.4) is 0 Å². The van der Waals surface area contributed by atoms with Crippen molar-refractivity contribution in [2.24, 2.45) is 0 Å². The van der Waals surface area contributed by atoms with Gasteiger partial charge in [-0.05, 0) is 11.4 Å². The fraction of sp³-hybridized carbons (Fsp3) is 0.250. The van der Waals surface area contributed by atoms with Crippen LogP contribution in [0.25, 0.3) is 0 Å². The third kappa shape index (κ3) is 2.73. The van der Waals surface area contributed by atoms with Crippen molar-refractivity contribution < 1.29 is 32.3 Å². The lowest BCUT2D eigenvalue weighted by molar-refractivity contribution is -0.163. The van der Waals surface area contributed by atoms with Crippen molar-refractivity contribution in [3.63, 3.8) is 0 Å². The van der Waals surface area contributed by atoms with Gasteiger partial charge in [0.15, 0.2) is 0 Å². The lowest BCUT2D eigenvalue weighted by atomic mass is 10.3. The molecule has 0 spiro atoms. The molecule has 1 aromatic rings. The van der Waals surface area contributed by atoms with Crippen molar-refractivity contribution in [2.45, 2.75) is 12.3 Å². The summed E-state index contributed by atoms with van der Waals surface area (Å²) in [6.45, 7) is 0. The van der Waals surface area contributed by atoms with Crippen LogP contribution in [0.4, 0.5) is 23.2 Å². The fourth-order valence-corrected chi connectivity index (χ4v) is 1.57. The number of carboxylic acid groups (broad SMARTS) is 1. The zero-order valence-electron chi connectivity index (χ0n) is 7.92. The Morgan fingerprint density at radius 2 is 2.00 bits per heavy atom. The third-order valence-corrected chi connectivity index (χ3v) is 2.59. The number of hydrogen-bond acceptors (Lipinski definition) is 3. The van der Waals surface area contributed by atoms with Gasteiger partial charge in [0.1, 0.15) is 4.88 Å². The molecule has 2 N–H and O–H groups in total. The average Bonchev–Trinajstić information content (AvgIpc) is 2.65. The van der Waals surface area contributed by atoms with Gasteiger partial charge in [0.05, 0.1) is 5.69 Å². The highest BCUT2D eigenvalue weighted by molar-refractivity contribution is 7.12. The maximum atomic E-state index is 12.6. The Morgan fingerprint density at radius 3 is 2.47 bits per heavy atom. The van der Waals surface area contributed by atoms with Gasteiger partial charge in [-0.15, -0.1) is 11.3 Å². The minimum Gasteiger partial charge on any atom is -0.477 e. The molecule has 0 aromatic carbocycles. The Morgan fingerprint density at radius 1 is 1.41 bits per heavy atom. The van der Waals surface area contributed by atoms with Gasteiger partial charge in [0.2, 0.25) is 0 Å². The van der Waals surface area contributed by atoms with E-state index in [4.69, 9.17) is 5.11 Å². The van der Waals surface area contributed by atoms with Crippen LogP contribution in [0, 0.1) is 0 Å². The first-order valence-corrected chi connectivity index (χ1v) is 4.93. The summed E-state index contributed by atoms with van der Waals surface area (Å²) in [5.41, 5.74) is -0.437. The topological polar surface area (TPSA) is 66.4 Å². The molecular weight excluding hydrogens is 266 g/mol. The van der Waals surface area contributed by atoms with Gasteiger partial charge in [-0.25, -0.2) is 13.6 Å². The van der Waals surface area contributed by atoms with E-state index >= 15 is 0 Å². The molecule has 0 saturated heterocycles. The number of halogens is 4. The summed E-state index contributed by atoms with van der Waals surface area (Å²) < 4.78 is 48.8. The first-order valence-electron chi connectivity index (χ1n) is 4.05. The van der Waals surface area contributed by atoms with Crippen LogP contribution >= 0.6 is 11.3 Å². The van der Waals surface area contributed by atoms with Gasteiger partial charge in [-0.3, -0.25) is 4.79 Å². The molecule has 4 nitrogen and oxygen atoms in total. The Bertz CT molecular complexity index is 446. The number of carbonyl (C=O) groups excluding carboxylic acids is 1. The maximum absolute atomic E-state index is 12.6. The van der Waals surface area contributed by atoms with E-state index < -0.39 is 34.8 Å². The molecule has 0 atom stereocenters. The minimum absolute atomic E-state index is 0.414. The van der Waals surface area contributed by atoms with Crippen molar-refractivity contribution in [1.29, 1.82) is 0 Å². The van der Waals surface area contributed by atoms with Crippen LogP contribution in [0.2, 0.25) is 0 Å². The Labute approximate surface area is 95.9 Å². The van der Waals surface area contributed by atoms with E-state index in [-0.39, 0.29) is 0 Å². The number of rotatable bonds is 4. The molecule has 1 aromatic heterocycles. The largest absolute Gasteiger partial charge is 0.477 e. The van der Waals surface area contributed by atoms with Crippen LogP contribution in [0.15, 0.2) is 11.4 Å². The number of hydrogen-bond donors (Lipinski definition) is 2. The molecule has 0 aliphatic heterocycles. The quantitative estimate of drug-likeness (QED) is 0.826. The van der Waals surface area contributed by atoms with E-state index in [9.17, 15) is 27.2 Å². The lowest BCUT2D eigenvalue weighted by Crippen LogP contribution is -2.41. The Hall–Kier alpha value is -1.64. The zero-order chi connectivity index (χ0) is 13.2. The van der Waals surface area contributed by atoms with Crippen molar-refractivity contribution in [3.05, 3.63) is 16.3 Å². The molecule has 1 amide bonds. The number of carboxylic acids is 1. The SMILES string of the molecule is O=C(O)c1sccc1NC(=O)C(F)(F)C(F)F. The second-order valence-electron chi connectivity index (χ2n) is 2.85. The number of anilines is 1. The summed E-state index contributed by atoms with van der Waals surface area (Å²) in [5, 5.41) is 11.3. The third-order valence-electron chi connectivity index (χ3n) is 1.68. The summed E-state index contributed by atoms with van der Waals surface area (Å²) in [6, 6.07) is 1.04. The summed E-state index contributed by atoms with van der Waals surface area (Å²) >= 11 is 0.672. The molecule has 0 fully saturated rings. The maximum Gasteiger partial charge on any atom is 0.383 e.